The highest BCUT2D eigenvalue weighted by Crippen LogP contribution is 2.33. The van der Waals surface area contributed by atoms with E-state index >= 15 is 0 Å². The Hall–Kier alpha value is -0.870. The zero-order valence-corrected chi connectivity index (χ0v) is 12.6. The number of nitrogens with zero attached hydrogens (tertiary/aromatic N) is 2. The fourth-order valence-electron chi connectivity index (χ4n) is 1.57. The van der Waals surface area contributed by atoms with Crippen molar-refractivity contribution in [2.45, 2.75) is 13.0 Å². The molecule has 1 aromatic heterocycles. The van der Waals surface area contributed by atoms with Crippen LogP contribution < -0.4 is 0 Å². The molecule has 6 heteroatoms. The third-order valence-electron chi connectivity index (χ3n) is 2.69. The molecule has 0 fully saturated rings. The minimum Gasteiger partial charge on any atom is -0.374 e. The molecule has 2 rings (SSSR count). The van der Waals surface area contributed by atoms with Gasteiger partial charge < -0.3 is 4.74 Å². The van der Waals surface area contributed by atoms with E-state index < -0.39 is 0 Å². The van der Waals surface area contributed by atoms with Gasteiger partial charge in [0.05, 0.1) is 5.56 Å². The molecule has 0 N–H and O–H groups in total. The molecule has 1 aromatic carbocycles. The van der Waals surface area contributed by atoms with E-state index in [2.05, 4.69) is 9.97 Å². The maximum atomic E-state index is 6.19. The molecule has 3 nitrogen and oxygen atoms in total. The van der Waals surface area contributed by atoms with Crippen LogP contribution in [0, 0.1) is 0 Å². The van der Waals surface area contributed by atoms with E-state index in [0.717, 1.165) is 5.56 Å². The molecule has 0 saturated carbocycles. The Morgan fingerprint density at radius 3 is 2.00 bits per heavy atom. The van der Waals surface area contributed by atoms with Crippen LogP contribution in [0.3, 0.4) is 0 Å². The summed E-state index contributed by atoms with van der Waals surface area (Å²) in [5.41, 5.74) is 1.41. The minimum absolute atomic E-state index is 0.269. The largest absolute Gasteiger partial charge is 0.374 e. The van der Waals surface area contributed by atoms with E-state index in [1.807, 2.05) is 19.1 Å². The summed E-state index contributed by atoms with van der Waals surface area (Å²) in [7, 11) is 1.57. The summed E-state index contributed by atoms with van der Waals surface area (Å²) < 4.78 is 5.15. The van der Waals surface area contributed by atoms with Crippen molar-refractivity contribution in [1.29, 1.82) is 0 Å². The SMILES string of the molecule is COC(C)c1nc(Cl)c(-c2ccc(Cl)cc2)c(Cl)n1. The number of halogens is 3. The summed E-state index contributed by atoms with van der Waals surface area (Å²) in [4.78, 5) is 8.43. The smallest absolute Gasteiger partial charge is 0.160 e. The lowest BCUT2D eigenvalue weighted by atomic mass is 10.1. The number of rotatable bonds is 3. The summed E-state index contributed by atoms with van der Waals surface area (Å²) in [6.45, 7) is 1.82. The fraction of sp³-hybridized carbons (Fsp3) is 0.231. The maximum absolute atomic E-state index is 6.19. The van der Waals surface area contributed by atoms with Gasteiger partial charge in [0.15, 0.2) is 5.82 Å². The second kappa shape index (κ2) is 6.06. The summed E-state index contributed by atoms with van der Waals surface area (Å²) in [5.74, 6) is 0.454. The van der Waals surface area contributed by atoms with Gasteiger partial charge in [-0.1, -0.05) is 46.9 Å². The van der Waals surface area contributed by atoms with Crippen molar-refractivity contribution >= 4 is 34.8 Å². The molecular formula is C13H11Cl3N2O. The molecule has 0 amide bonds. The van der Waals surface area contributed by atoms with Gasteiger partial charge in [0.25, 0.3) is 0 Å². The topological polar surface area (TPSA) is 35.0 Å². The second-order valence-electron chi connectivity index (χ2n) is 3.92. The molecule has 0 bridgehead atoms. The van der Waals surface area contributed by atoms with Crippen LogP contribution in [0.15, 0.2) is 24.3 Å². The lowest BCUT2D eigenvalue weighted by Gasteiger charge is -2.12. The number of hydrogen-bond donors (Lipinski definition) is 0. The summed E-state index contributed by atoms with van der Waals surface area (Å²) in [6, 6.07) is 7.15. The summed E-state index contributed by atoms with van der Waals surface area (Å²) >= 11 is 18.2. The van der Waals surface area contributed by atoms with E-state index in [-0.39, 0.29) is 6.10 Å². The monoisotopic (exact) mass is 316 g/mol. The van der Waals surface area contributed by atoms with Crippen molar-refractivity contribution in [3.8, 4) is 11.1 Å². The third kappa shape index (κ3) is 3.18. The van der Waals surface area contributed by atoms with Crippen molar-refractivity contribution in [2.75, 3.05) is 7.11 Å². The van der Waals surface area contributed by atoms with Crippen LogP contribution in [0.5, 0.6) is 0 Å². The van der Waals surface area contributed by atoms with Crippen LogP contribution in [-0.2, 0) is 4.74 Å². The lowest BCUT2D eigenvalue weighted by molar-refractivity contribution is 0.112. The lowest BCUT2D eigenvalue weighted by Crippen LogP contribution is -2.04. The molecule has 19 heavy (non-hydrogen) atoms. The predicted octanol–water partition coefficient (Wildman–Crippen LogP) is 4.81. The highest BCUT2D eigenvalue weighted by atomic mass is 35.5. The molecule has 0 aliphatic rings. The molecule has 0 aliphatic heterocycles. The first-order valence-corrected chi connectivity index (χ1v) is 6.68. The molecule has 0 aliphatic carbocycles. The van der Waals surface area contributed by atoms with Crippen molar-refractivity contribution in [3.63, 3.8) is 0 Å². The molecule has 1 unspecified atom stereocenters. The van der Waals surface area contributed by atoms with Crippen molar-refractivity contribution in [3.05, 3.63) is 45.4 Å². The van der Waals surface area contributed by atoms with Gasteiger partial charge in [0, 0.05) is 12.1 Å². The molecule has 0 spiro atoms. The Labute approximate surface area is 126 Å². The first kappa shape index (κ1) is 14.5. The van der Waals surface area contributed by atoms with Crippen LogP contribution in [0.2, 0.25) is 15.3 Å². The summed E-state index contributed by atoms with van der Waals surface area (Å²) in [6.07, 6.45) is -0.269. The van der Waals surface area contributed by atoms with Gasteiger partial charge in [0.1, 0.15) is 16.4 Å². The molecule has 1 heterocycles. The van der Waals surface area contributed by atoms with Crippen LogP contribution >= 0.6 is 34.8 Å². The van der Waals surface area contributed by atoms with Gasteiger partial charge in [-0.15, -0.1) is 0 Å². The zero-order valence-electron chi connectivity index (χ0n) is 10.3. The standard InChI is InChI=1S/C13H11Cl3N2O/c1-7(19-2)13-17-11(15)10(12(16)18-13)8-3-5-9(14)6-4-8/h3-7H,1-2H3. The van der Waals surface area contributed by atoms with Gasteiger partial charge in [-0.3, -0.25) is 0 Å². The first-order chi connectivity index (χ1) is 9.02. The van der Waals surface area contributed by atoms with E-state index in [4.69, 9.17) is 39.5 Å². The van der Waals surface area contributed by atoms with Gasteiger partial charge in [-0.25, -0.2) is 9.97 Å². The first-order valence-electron chi connectivity index (χ1n) is 5.54. The van der Waals surface area contributed by atoms with Crippen molar-refractivity contribution in [2.24, 2.45) is 0 Å². The second-order valence-corrected chi connectivity index (χ2v) is 5.08. The molecular weight excluding hydrogens is 307 g/mol. The Kier molecular flexibility index (Phi) is 4.63. The molecule has 1 atom stereocenters. The molecule has 0 radical (unpaired) electrons. The third-order valence-corrected chi connectivity index (χ3v) is 3.49. The van der Waals surface area contributed by atoms with Gasteiger partial charge in [-0.2, -0.15) is 0 Å². The number of aromatic nitrogens is 2. The van der Waals surface area contributed by atoms with E-state index in [0.29, 0.717) is 26.7 Å². The van der Waals surface area contributed by atoms with E-state index in [9.17, 15) is 0 Å². The Bertz CT molecular complexity index is 564. The van der Waals surface area contributed by atoms with Gasteiger partial charge in [0.2, 0.25) is 0 Å². The van der Waals surface area contributed by atoms with E-state index in [1.54, 1.807) is 19.2 Å². The minimum atomic E-state index is -0.269. The quantitative estimate of drug-likeness (QED) is 0.762. The summed E-state index contributed by atoms with van der Waals surface area (Å²) in [5, 5.41) is 1.23. The highest BCUT2D eigenvalue weighted by Gasteiger charge is 2.16. The number of hydrogen-bond acceptors (Lipinski definition) is 3. The van der Waals surface area contributed by atoms with Crippen molar-refractivity contribution in [1.82, 2.24) is 9.97 Å². The number of benzene rings is 1. The molecule has 2 aromatic rings. The van der Waals surface area contributed by atoms with Gasteiger partial charge in [-0.05, 0) is 24.6 Å². The highest BCUT2D eigenvalue weighted by molar-refractivity contribution is 6.37. The predicted molar refractivity (Wildman–Crippen MR) is 77.9 cm³/mol. The normalized spacial score (nSPS) is 12.5. The Morgan fingerprint density at radius 1 is 1.00 bits per heavy atom. The van der Waals surface area contributed by atoms with Crippen LogP contribution in [-0.4, -0.2) is 17.1 Å². The van der Waals surface area contributed by atoms with E-state index in [1.165, 1.54) is 0 Å². The molecule has 0 saturated heterocycles. The fourth-order valence-corrected chi connectivity index (χ4v) is 2.31. The van der Waals surface area contributed by atoms with Crippen LogP contribution in [0.4, 0.5) is 0 Å². The zero-order chi connectivity index (χ0) is 14.0. The van der Waals surface area contributed by atoms with Crippen molar-refractivity contribution < 1.29 is 4.74 Å². The molecule has 100 valence electrons. The number of ether oxygens (including phenoxy) is 1. The maximum Gasteiger partial charge on any atom is 0.160 e. The van der Waals surface area contributed by atoms with Gasteiger partial charge >= 0.3 is 0 Å². The number of methoxy groups -OCH3 is 1. The average molecular weight is 318 g/mol. The Morgan fingerprint density at radius 2 is 1.53 bits per heavy atom. The average Bonchev–Trinajstić information content (AvgIpc) is 2.39. The van der Waals surface area contributed by atoms with Crippen LogP contribution in [0.25, 0.3) is 11.1 Å². The van der Waals surface area contributed by atoms with Crippen LogP contribution in [0.1, 0.15) is 18.9 Å². The Balaban J connectivity index is 2.50.